The second kappa shape index (κ2) is 7.14. The van der Waals surface area contributed by atoms with E-state index < -0.39 is 5.92 Å². The Hall–Kier alpha value is -2.55. The van der Waals surface area contributed by atoms with Crippen molar-refractivity contribution in [2.75, 3.05) is 16.8 Å². The number of rotatable bonds is 3. The van der Waals surface area contributed by atoms with Crippen LogP contribution in [0.3, 0.4) is 0 Å². The first-order valence-corrected chi connectivity index (χ1v) is 8.31. The van der Waals surface area contributed by atoms with Crippen molar-refractivity contribution in [2.45, 2.75) is 6.42 Å². The topological polar surface area (TPSA) is 73.2 Å². The number of carbonyl (C=O) groups excluding carboxylic acids is 2. The molecule has 1 atom stereocenters. The van der Waals surface area contributed by atoms with Crippen LogP contribution in [-0.4, -0.2) is 18.4 Å². The molecular formula is C18H13Cl2N3O2. The van der Waals surface area contributed by atoms with Crippen LogP contribution in [0.25, 0.3) is 0 Å². The Labute approximate surface area is 154 Å². The predicted octanol–water partition coefficient (Wildman–Crippen LogP) is 3.86. The molecule has 1 saturated heterocycles. The van der Waals surface area contributed by atoms with Crippen molar-refractivity contribution in [1.82, 2.24) is 0 Å². The molecule has 1 aliphatic rings. The van der Waals surface area contributed by atoms with Gasteiger partial charge in [0, 0.05) is 13.0 Å². The molecule has 1 fully saturated rings. The van der Waals surface area contributed by atoms with Crippen molar-refractivity contribution in [2.24, 2.45) is 5.92 Å². The molecule has 0 aromatic heterocycles. The van der Waals surface area contributed by atoms with Gasteiger partial charge in [-0.25, -0.2) is 0 Å². The average Bonchev–Trinajstić information content (AvgIpc) is 3.00. The molecule has 25 heavy (non-hydrogen) atoms. The van der Waals surface area contributed by atoms with E-state index in [9.17, 15) is 14.9 Å². The predicted molar refractivity (Wildman–Crippen MR) is 96.7 cm³/mol. The fourth-order valence-corrected chi connectivity index (χ4v) is 3.10. The van der Waals surface area contributed by atoms with Crippen LogP contribution in [0, 0.1) is 17.2 Å². The second-order valence-corrected chi connectivity index (χ2v) is 6.41. The zero-order valence-corrected chi connectivity index (χ0v) is 14.5. The molecule has 126 valence electrons. The van der Waals surface area contributed by atoms with Gasteiger partial charge in [0.15, 0.2) is 0 Å². The molecule has 2 amide bonds. The van der Waals surface area contributed by atoms with Gasteiger partial charge in [0.25, 0.3) is 0 Å². The molecule has 0 saturated carbocycles. The Bertz CT molecular complexity index is 892. The largest absolute Gasteiger partial charge is 0.324 e. The highest BCUT2D eigenvalue weighted by Gasteiger charge is 2.36. The number of anilines is 2. The minimum atomic E-state index is -0.533. The highest BCUT2D eigenvalue weighted by molar-refractivity contribution is 6.44. The molecule has 5 nitrogen and oxygen atoms in total. The molecule has 1 unspecified atom stereocenters. The molecule has 1 aliphatic heterocycles. The highest BCUT2D eigenvalue weighted by atomic mass is 35.5. The molecule has 1 N–H and O–H groups in total. The number of carbonyl (C=O) groups is 2. The second-order valence-electron chi connectivity index (χ2n) is 5.62. The maximum absolute atomic E-state index is 12.5. The van der Waals surface area contributed by atoms with E-state index in [1.165, 1.54) is 4.90 Å². The average molecular weight is 374 g/mol. The summed E-state index contributed by atoms with van der Waals surface area (Å²) in [6.45, 7) is 0.210. The minimum absolute atomic E-state index is 0.0732. The number of hydrogen-bond acceptors (Lipinski definition) is 3. The van der Waals surface area contributed by atoms with Crippen LogP contribution < -0.4 is 10.2 Å². The molecule has 3 rings (SSSR count). The van der Waals surface area contributed by atoms with Gasteiger partial charge in [-0.3, -0.25) is 9.59 Å². The molecule has 1 heterocycles. The van der Waals surface area contributed by atoms with Crippen LogP contribution in [0.5, 0.6) is 0 Å². The molecular weight excluding hydrogens is 361 g/mol. The Kier molecular flexibility index (Phi) is 4.93. The third-order valence-corrected chi connectivity index (χ3v) is 4.84. The van der Waals surface area contributed by atoms with Crippen LogP contribution in [0.4, 0.5) is 11.4 Å². The SMILES string of the molecule is N#Cc1ccccc1N1CC(C(=O)Nc2cccc(Cl)c2Cl)CC1=O. The zero-order valence-electron chi connectivity index (χ0n) is 13.0. The van der Waals surface area contributed by atoms with E-state index in [4.69, 9.17) is 23.2 Å². The van der Waals surface area contributed by atoms with E-state index in [0.29, 0.717) is 22.0 Å². The van der Waals surface area contributed by atoms with E-state index in [1.807, 2.05) is 0 Å². The lowest BCUT2D eigenvalue weighted by atomic mass is 10.1. The van der Waals surface area contributed by atoms with Gasteiger partial charge in [-0.05, 0) is 24.3 Å². The number of para-hydroxylation sites is 1. The third-order valence-electron chi connectivity index (χ3n) is 4.02. The lowest BCUT2D eigenvalue weighted by Crippen LogP contribution is -2.28. The number of nitrogens with one attached hydrogen (secondary N) is 1. The van der Waals surface area contributed by atoms with Crippen LogP contribution in [0.1, 0.15) is 12.0 Å². The Morgan fingerprint density at radius 3 is 2.72 bits per heavy atom. The first-order valence-electron chi connectivity index (χ1n) is 7.55. The summed E-state index contributed by atoms with van der Waals surface area (Å²) < 4.78 is 0. The molecule has 0 spiro atoms. The molecule has 0 radical (unpaired) electrons. The number of benzene rings is 2. The van der Waals surface area contributed by atoms with Gasteiger partial charge in [-0.15, -0.1) is 0 Å². The van der Waals surface area contributed by atoms with E-state index in [2.05, 4.69) is 11.4 Å². The highest BCUT2D eigenvalue weighted by Crippen LogP contribution is 2.32. The third kappa shape index (κ3) is 3.46. The van der Waals surface area contributed by atoms with Gasteiger partial charge in [0.2, 0.25) is 11.8 Å². The van der Waals surface area contributed by atoms with Gasteiger partial charge >= 0.3 is 0 Å². The number of nitriles is 1. The van der Waals surface area contributed by atoms with Crippen molar-refractivity contribution >= 4 is 46.4 Å². The molecule has 2 aromatic carbocycles. The van der Waals surface area contributed by atoms with E-state index in [1.54, 1.807) is 42.5 Å². The van der Waals surface area contributed by atoms with Crippen molar-refractivity contribution in [3.8, 4) is 6.07 Å². The summed E-state index contributed by atoms with van der Waals surface area (Å²) in [6.07, 6.45) is 0.0732. The Morgan fingerprint density at radius 1 is 1.20 bits per heavy atom. The van der Waals surface area contributed by atoms with Crippen molar-refractivity contribution in [3.05, 3.63) is 58.1 Å². The van der Waals surface area contributed by atoms with Crippen LogP contribution in [-0.2, 0) is 9.59 Å². The van der Waals surface area contributed by atoms with Crippen molar-refractivity contribution in [3.63, 3.8) is 0 Å². The van der Waals surface area contributed by atoms with E-state index in [-0.39, 0.29) is 29.8 Å². The summed E-state index contributed by atoms with van der Waals surface area (Å²) >= 11 is 12.0. The van der Waals surface area contributed by atoms with Gasteiger partial charge < -0.3 is 10.2 Å². The lowest BCUT2D eigenvalue weighted by molar-refractivity contribution is -0.122. The molecule has 0 aliphatic carbocycles. The fourth-order valence-electron chi connectivity index (χ4n) is 2.75. The Morgan fingerprint density at radius 2 is 1.96 bits per heavy atom. The van der Waals surface area contributed by atoms with Crippen LogP contribution >= 0.6 is 23.2 Å². The van der Waals surface area contributed by atoms with Gasteiger partial charge in [-0.1, -0.05) is 41.4 Å². The standard InChI is InChI=1S/C18H13Cl2N3O2/c19-13-5-3-6-14(17(13)20)22-18(25)12-8-16(24)23(10-12)15-7-2-1-4-11(15)9-21/h1-7,12H,8,10H2,(H,22,25). The smallest absolute Gasteiger partial charge is 0.229 e. The maximum Gasteiger partial charge on any atom is 0.229 e. The van der Waals surface area contributed by atoms with Crippen molar-refractivity contribution in [1.29, 1.82) is 5.26 Å². The maximum atomic E-state index is 12.5. The monoisotopic (exact) mass is 373 g/mol. The van der Waals surface area contributed by atoms with Crippen LogP contribution in [0.15, 0.2) is 42.5 Å². The lowest BCUT2D eigenvalue weighted by Gasteiger charge is -2.18. The summed E-state index contributed by atoms with van der Waals surface area (Å²) in [6, 6.07) is 13.8. The number of amides is 2. The number of hydrogen-bond donors (Lipinski definition) is 1. The first kappa shape index (κ1) is 17.3. The summed E-state index contributed by atoms with van der Waals surface area (Å²) in [5, 5.41) is 12.5. The van der Waals surface area contributed by atoms with Gasteiger partial charge in [-0.2, -0.15) is 5.26 Å². The minimum Gasteiger partial charge on any atom is -0.324 e. The quantitative estimate of drug-likeness (QED) is 0.887. The van der Waals surface area contributed by atoms with Gasteiger partial charge in [0.05, 0.1) is 32.9 Å². The van der Waals surface area contributed by atoms with Crippen LogP contribution in [0.2, 0.25) is 10.0 Å². The summed E-state index contributed by atoms with van der Waals surface area (Å²) in [7, 11) is 0. The molecule has 2 aromatic rings. The summed E-state index contributed by atoms with van der Waals surface area (Å²) in [5.41, 5.74) is 1.32. The fraction of sp³-hybridized carbons (Fsp3) is 0.167. The number of halogens is 2. The van der Waals surface area contributed by atoms with Crippen molar-refractivity contribution < 1.29 is 9.59 Å². The Balaban J connectivity index is 1.77. The van der Waals surface area contributed by atoms with Gasteiger partial charge in [0.1, 0.15) is 6.07 Å². The summed E-state index contributed by atoms with van der Waals surface area (Å²) in [4.78, 5) is 26.3. The van der Waals surface area contributed by atoms with E-state index in [0.717, 1.165) is 0 Å². The normalized spacial score (nSPS) is 16.6. The zero-order chi connectivity index (χ0) is 18.0. The first-order chi connectivity index (χ1) is 12.0. The number of nitrogens with zero attached hydrogens (tertiary/aromatic N) is 2. The molecule has 0 bridgehead atoms. The van der Waals surface area contributed by atoms with E-state index >= 15 is 0 Å². The summed E-state index contributed by atoms with van der Waals surface area (Å²) in [5.74, 6) is -1.04. The molecule has 7 heteroatoms.